The van der Waals surface area contributed by atoms with Crippen molar-refractivity contribution in [2.45, 2.75) is 38.3 Å². The summed E-state index contributed by atoms with van der Waals surface area (Å²) in [5.74, 6) is 0.360. The minimum absolute atomic E-state index is 0.137. The van der Waals surface area contributed by atoms with Gasteiger partial charge in [0.15, 0.2) is 0 Å². The predicted molar refractivity (Wildman–Crippen MR) is 73.0 cm³/mol. The van der Waals surface area contributed by atoms with E-state index in [9.17, 15) is 4.39 Å². The van der Waals surface area contributed by atoms with Gasteiger partial charge in [0, 0.05) is 30.7 Å². The van der Waals surface area contributed by atoms with E-state index in [1.165, 1.54) is 12.1 Å². The molecule has 1 saturated heterocycles. The molecule has 19 heavy (non-hydrogen) atoms. The average molecular weight is 267 g/mol. The van der Waals surface area contributed by atoms with Crippen molar-refractivity contribution in [1.29, 1.82) is 0 Å². The molecule has 1 aliphatic heterocycles. The van der Waals surface area contributed by atoms with Crippen molar-refractivity contribution >= 4 is 0 Å². The molecule has 3 nitrogen and oxygen atoms in total. The van der Waals surface area contributed by atoms with Crippen LogP contribution in [-0.4, -0.2) is 26.4 Å². The fourth-order valence-corrected chi connectivity index (χ4v) is 2.32. The van der Waals surface area contributed by atoms with Gasteiger partial charge in [0.2, 0.25) is 0 Å². The van der Waals surface area contributed by atoms with Gasteiger partial charge in [-0.05, 0) is 32.9 Å². The SMILES string of the molecule is CNC(C)c1ccc(F)cc1OCCC1CCCO1. The van der Waals surface area contributed by atoms with Gasteiger partial charge < -0.3 is 14.8 Å². The number of hydrogen-bond acceptors (Lipinski definition) is 3. The molecule has 1 N–H and O–H groups in total. The van der Waals surface area contributed by atoms with Crippen molar-refractivity contribution in [3.05, 3.63) is 29.6 Å². The van der Waals surface area contributed by atoms with Crippen LogP contribution in [0.2, 0.25) is 0 Å². The van der Waals surface area contributed by atoms with Gasteiger partial charge in [-0.15, -0.1) is 0 Å². The third kappa shape index (κ3) is 3.91. The van der Waals surface area contributed by atoms with Crippen molar-refractivity contribution in [3.8, 4) is 5.75 Å². The highest BCUT2D eigenvalue weighted by Gasteiger charge is 2.16. The van der Waals surface area contributed by atoms with Crippen molar-refractivity contribution in [1.82, 2.24) is 5.32 Å². The van der Waals surface area contributed by atoms with Crippen molar-refractivity contribution in [3.63, 3.8) is 0 Å². The summed E-state index contributed by atoms with van der Waals surface area (Å²) in [7, 11) is 1.88. The Balaban J connectivity index is 1.95. The minimum Gasteiger partial charge on any atom is -0.493 e. The first-order valence-corrected chi connectivity index (χ1v) is 6.92. The Hall–Kier alpha value is -1.13. The quantitative estimate of drug-likeness (QED) is 0.859. The summed E-state index contributed by atoms with van der Waals surface area (Å²) >= 11 is 0. The Kier molecular flexibility index (Phi) is 5.16. The second-order valence-corrected chi connectivity index (χ2v) is 4.96. The summed E-state index contributed by atoms with van der Waals surface area (Å²) < 4.78 is 24.6. The maximum absolute atomic E-state index is 13.3. The van der Waals surface area contributed by atoms with E-state index in [-0.39, 0.29) is 11.9 Å². The lowest BCUT2D eigenvalue weighted by molar-refractivity contribution is 0.0901. The third-order valence-electron chi connectivity index (χ3n) is 3.60. The van der Waals surface area contributed by atoms with Crippen LogP contribution in [0.4, 0.5) is 4.39 Å². The summed E-state index contributed by atoms with van der Waals surface area (Å²) in [6, 6.07) is 4.84. The van der Waals surface area contributed by atoms with Crippen molar-refractivity contribution in [2.75, 3.05) is 20.3 Å². The van der Waals surface area contributed by atoms with E-state index in [1.54, 1.807) is 6.07 Å². The normalized spacial score (nSPS) is 20.5. The molecule has 0 spiro atoms. The first-order chi connectivity index (χ1) is 9.20. The Morgan fingerprint density at radius 1 is 1.53 bits per heavy atom. The van der Waals surface area contributed by atoms with E-state index in [2.05, 4.69) is 5.32 Å². The molecule has 1 aromatic rings. The second kappa shape index (κ2) is 6.87. The Bertz CT molecular complexity index is 405. The number of hydrogen-bond donors (Lipinski definition) is 1. The number of benzene rings is 1. The van der Waals surface area contributed by atoms with E-state index < -0.39 is 0 Å². The van der Waals surface area contributed by atoms with Gasteiger partial charge in [0.1, 0.15) is 11.6 Å². The van der Waals surface area contributed by atoms with Gasteiger partial charge in [-0.2, -0.15) is 0 Å². The number of rotatable bonds is 6. The van der Waals surface area contributed by atoms with Gasteiger partial charge in [-0.1, -0.05) is 6.07 Å². The maximum atomic E-state index is 13.3. The smallest absolute Gasteiger partial charge is 0.126 e. The lowest BCUT2D eigenvalue weighted by Gasteiger charge is -2.17. The summed E-state index contributed by atoms with van der Waals surface area (Å²) in [4.78, 5) is 0. The molecule has 2 atom stereocenters. The molecule has 106 valence electrons. The van der Waals surface area contributed by atoms with E-state index in [4.69, 9.17) is 9.47 Å². The average Bonchev–Trinajstić information content (AvgIpc) is 2.91. The predicted octanol–water partition coefficient (Wildman–Crippen LogP) is 3.05. The van der Waals surface area contributed by atoms with Crippen LogP contribution in [0.25, 0.3) is 0 Å². The van der Waals surface area contributed by atoms with Crippen LogP contribution in [0, 0.1) is 5.82 Å². The van der Waals surface area contributed by atoms with Crippen molar-refractivity contribution < 1.29 is 13.9 Å². The fourth-order valence-electron chi connectivity index (χ4n) is 2.32. The molecular formula is C15H22FNO2. The zero-order chi connectivity index (χ0) is 13.7. The largest absolute Gasteiger partial charge is 0.493 e. The monoisotopic (exact) mass is 267 g/mol. The van der Waals surface area contributed by atoms with Crippen LogP contribution >= 0.6 is 0 Å². The molecule has 2 rings (SSSR count). The van der Waals surface area contributed by atoms with E-state index in [1.807, 2.05) is 14.0 Å². The minimum atomic E-state index is -0.265. The second-order valence-electron chi connectivity index (χ2n) is 4.96. The van der Waals surface area contributed by atoms with Gasteiger partial charge in [-0.25, -0.2) is 4.39 Å². The molecule has 0 saturated carbocycles. The molecule has 1 fully saturated rings. The Labute approximate surface area is 114 Å². The highest BCUT2D eigenvalue weighted by Crippen LogP contribution is 2.26. The lowest BCUT2D eigenvalue weighted by Crippen LogP contribution is -2.15. The Morgan fingerprint density at radius 3 is 3.05 bits per heavy atom. The first-order valence-electron chi connectivity index (χ1n) is 6.92. The molecule has 1 heterocycles. The van der Waals surface area contributed by atoms with Crippen LogP contribution in [0.3, 0.4) is 0 Å². The lowest BCUT2D eigenvalue weighted by atomic mass is 10.1. The highest BCUT2D eigenvalue weighted by molar-refractivity contribution is 5.36. The molecule has 0 bridgehead atoms. The summed E-state index contributed by atoms with van der Waals surface area (Å²) in [6.07, 6.45) is 3.40. The van der Waals surface area contributed by atoms with E-state index in [0.717, 1.165) is 31.4 Å². The maximum Gasteiger partial charge on any atom is 0.126 e. The first kappa shape index (κ1) is 14.3. The summed E-state index contributed by atoms with van der Waals surface area (Å²) in [5.41, 5.74) is 0.983. The number of halogens is 1. The van der Waals surface area contributed by atoms with Crippen LogP contribution in [0.1, 0.15) is 37.8 Å². The van der Waals surface area contributed by atoms with Crippen LogP contribution in [0.15, 0.2) is 18.2 Å². The zero-order valence-electron chi connectivity index (χ0n) is 11.6. The molecule has 1 aromatic carbocycles. The van der Waals surface area contributed by atoms with Crippen LogP contribution in [0.5, 0.6) is 5.75 Å². The fraction of sp³-hybridized carbons (Fsp3) is 0.600. The van der Waals surface area contributed by atoms with Gasteiger partial charge >= 0.3 is 0 Å². The number of ether oxygens (including phenoxy) is 2. The molecule has 4 heteroatoms. The molecule has 0 amide bonds. The molecular weight excluding hydrogens is 245 g/mol. The van der Waals surface area contributed by atoms with Gasteiger partial charge in [0.25, 0.3) is 0 Å². The molecule has 1 aliphatic rings. The highest BCUT2D eigenvalue weighted by atomic mass is 19.1. The van der Waals surface area contributed by atoms with Crippen LogP contribution in [-0.2, 0) is 4.74 Å². The standard InChI is InChI=1S/C15H22FNO2/c1-11(17-2)14-6-5-12(16)10-15(14)19-9-7-13-4-3-8-18-13/h5-6,10-11,13,17H,3-4,7-9H2,1-2H3. The Morgan fingerprint density at radius 2 is 2.37 bits per heavy atom. The van der Waals surface area contributed by atoms with Gasteiger partial charge in [-0.3, -0.25) is 0 Å². The molecule has 0 aliphatic carbocycles. The number of nitrogens with one attached hydrogen (secondary N) is 1. The van der Waals surface area contributed by atoms with E-state index in [0.29, 0.717) is 18.5 Å². The third-order valence-corrected chi connectivity index (χ3v) is 3.60. The van der Waals surface area contributed by atoms with Gasteiger partial charge in [0.05, 0.1) is 12.7 Å². The van der Waals surface area contributed by atoms with Crippen molar-refractivity contribution in [2.24, 2.45) is 0 Å². The summed E-state index contributed by atoms with van der Waals surface area (Å²) in [5, 5.41) is 3.15. The molecule has 2 unspecified atom stereocenters. The van der Waals surface area contributed by atoms with E-state index >= 15 is 0 Å². The molecule has 0 aromatic heterocycles. The van der Waals surface area contributed by atoms with Crippen LogP contribution < -0.4 is 10.1 Å². The summed E-state index contributed by atoms with van der Waals surface area (Å²) in [6.45, 7) is 3.45. The topological polar surface area (TPSA) is 30.5 Å². The zero-order valence-corrected chi connectivity index (χ0v) is 11.6. The molecule has 0 radical (unpaired) electrons.